The van der Waals surface area contributed by atoms with Crippen LogP contribution >= 0.6 is 0 Å². The molecular formula is C25H23NO4S. The van der Waals surface area contributed by atoms with Gasteiger partial charge in [-0.2, -0.15) is 0 Å². The van der Waals surface area contributed by atoms with Gasteiger partial charge in [0.2, 0.25) is 0 Å². The molecule has 0 saturated heterocycles. The zero-order valence-electron chi connectivity index (χ0n) is 17.2. The number of hydrogen-bond donors (Lipinski definition) is 1. The number of aryl methyl sites for hydroxylation is 1. The zero-order valence-corrected chi connectivity index (χ0v) is 18.0. The van der Waals surface area contributed by atoms with Crippen molar-refractivity contribution in [2.75, 3.05) is 0 Å². The quantitative estimate of drug-likeness (QED) is 0.462. The average Bonchev–Trinajstić information content (AvgIpc) is 3.01. The van der Waals surface area contributed by atoms with Crippen molar-refractivity contribution in [2.24, 2.45) is 0 Å². The van der Waals surface area contributed by atoms with Crippen LogP contribution in [0.3, 0.4) is 0 Å². The minimum Gasteiger partial charge on any atom is -0.481 e. The Hall–Kier alpha value is -3.38. The smallest absolute Gasteiger partial charge is 0.309 e. The molecule has 0 radical (unpaired) electrons. The van der Waals surface area contributed by atoms with Gasteiger partial charge in [0.1, 0.15) is 0 Å². The molecule has 158 valence electrons. The number of rotatable bonds is 7. The van der Waals surface area contributed by atoms with Crippen LogP contribution in [0.15, 0.2) is 83.8 Å². The second-order valence-electron chi connectivity index (χ2n) is 7.66. The summed E-state index contributed by atoms with van der Waals surface area (Å²) in [6.45, 7) is 2.37. The topological polar surface area (TPSA) is 76.4 Å². The number of carboxylic acid groups (broad SMARTS) is 1. The third kappa shape index (κ3) is 4.39. The standard InChI is InChI=1S/C25H23NO4S/c1-18-11-13-20(14-12-18)31(29,30)17-22-21-9-5-6-10-23(21)26(24(22)15-25(27)28)16-19-7-3-2-4-8-19/h2-14H,15-17H2,1H3,(H,27,28). The van der Waals surface area contributed by atoms with Gasteiger partial charge in [0.25, 0.3) is 0 Å². The molecule has 1 heterocycles. The molecule has 0 aliphatic carbocycles. The van der Waals surface area contributed by atoms with Crippen LogP contribution in [-0.2, 0) is 33.4 Å². The number of sulfone groups is 1. The van der Waals surface area contributed by atoms with E-state index in [1.807, 2.05) is 66.1 Å². The largest absolute Gasteiger partial charge is 0.481 e. The highest BCUT2D eigenvalue weighted by molar-refractivity contribution is 7.90. The number of aliphatic carboxylic acids is 1. The summed E-state index contributed by atoms with van der Waals surface area (Å²) >= 11 is 0. The minimum atomic E-state index is -3.65. The van der Waals surface area contributed by atoms with Gasteiger partial charge in [-0.1, -0.05) is 66.2 Å². The summed E-state index contributed by atoms with van der Waals surface area (Å²) in [4.78, 5) is 11.9. The van der Waals surface area contributed by atoms with Gasteiger partial charge in [0.15, 0.2) is 9.84 Å². The van der Waals surface area contributed by atoms with Gasteiger partial charge in [-0.3, -0.25) is 4.79 Å². The lowest BCUT2D eigenvalue weighted by Crippen LogP contribution is -2.13. The first kappa shape index (κ1) is 20.9. The first-order valence-corrected chi connectivity index (χ1v) is 11.6. The highest BCUT2D eigenvalue weighted by atomic mass is 32.2. The molecule has 4 aromatic rings. The fourth-order valence-corrected chi connectivity index (χ4v) is 5.32. The lowest BCUT2D eigenvalue weighted by atomic mass is 10.1. The number of nitrogens with zero attached hydrogens (tertiary/aromatic N) is 1. The monoisotopic (exact) mass is 433 g/mol. The Morgan fingerprint density at radius 1 is 0.903 bits per heavy atom. The first-order chi connectivity index (χ1) is 14.8. The number of para-hydroxylation sites is 1. The van der Waals surface area contributed by atoms with Gasteiger partial charge in [-0.05, 0) is 36.2 Å². The Morgan fingerprint density at radius 3 is 2.23 bits per heavy atom. The highest BCUT2D eigenvalue weighted by Gasteiger charge is 2.25. The molecule has 1 N–H and O–H groups in total. The van der Waals surface area contributed by atoms with Crippen molar-refractivity contribution >= 4 is 26.7 Å². The maximum atomic E-state index is 13.2. The molecule has 5 nitrogen and oxygen atoms in total. The van der Waals surface area contributed by atoms with Crippen LogP contribution in [0.25, 0.3) is 10.9 Å². The van der Waals surface area contributed by atoms with Gasteiger partial charge < -0.3 is 9.67 Å². The van der Waals surface area contributed by atoms with E-state index in [0.717, 1.165) is 22.0 Å². The summed E-state index contributed by atoms with van der Waals surface area (Å²) in [6.07, 6.45) is -0.250. The molecule has 0 fully saturated rings. The second-order valence-corrected chi connectivity index (χ2v) is 9.65. The van der Waals surface area contributed by atoms with Crippen molar-refractivity contribution in [1.29, 1.82) is 0 Å². The molecule has 6 heteroatoms. The molecule has 0 bridgehead atoms. The summed E-state index contributed by atoms with van der Waals surface area (Å²) in [5.41, 5.74) is 3.90. The van der Waals surface area contributed by atoms with E-state index < -0.39 is 15.8 Å². The summed E-state index contributed by atoms with van der Waals surface area (Å²) in [6, 6.07) is 24.0. The minimum absolute atomic E-state index is 0.235. The van der Waals surface area contributed by atoms with Crippen molar-refractivity contribution in [2.45, 2.75) is 30.5 Å². The van der Waals surface area contributed by atoms with Crippen molar-refractivity contribution in [3.8, 4) is 0 Å². The molecule has 0 aliphatic heterocycles. The molecule has 4 rings (SSSR count). The van der Waals surface area contributed by atoms with Crippen LogP contribution in [0.4, 0.5) is 0 Å². The third-order valence-electron chi connectivity index (χ3n) is 5.41. The van der Waals surface area contributed by atoms with Crippen LogP contribution in [0.5, 0.6) is 0 Å². The molecule has 3 aromatic carbocycles. The number of fused-ring (bicyclic) bond motifs is 1. The maximum Gasteiger partial charge on any atom is 0.309 e. The van der Waals surface area contributed by atoms with Gasteiger partial charge in [-0.15, -0.1) is 0 Å². The Balaban J connectivity index is 1.87. The van der Waals surface area contributed by atoms with E-state index >= 15 is 0 Å². The third-order valence-corrected chi connectivity index (χ3v) is 7.07. The summed E-state index contributed by atoms with van der Waals surface area (Å²) < 4.78 is 28.3. The Labute approximate surface area is 181 Å². The first-order valence-electron chi connectivity index (χ1n) is 9.99. The van der Waals surface area contributed by atoms with Crippen LogP contribution in [-0.4, -0.2) is 24.1 Å². The van der Waals surface area contributed by atoms with E-state index in [1.54, 1.807) is 24.3 Å². The van der Waals surface area contributed by atoms with Crippen molar-refractivity contribution < 1.29 is 18.3 Å². The lowest BCUT2D eigenvalue weighted by Gasteiger charge is -2.12. The molecule has 0 saturated carbocycles. The van der Waals surface area contributed by atoms with Crippen LogP contribution < -0.4 is 0 Å². The van der Waals surface area contributed by atoms with E-state index in [9.17, 15) is 18.3 Å². The maximum absolute atomic E-state index is 13.2. The Kier molecular flexibility index (Phi) is 5.65. The van der Waals surface area contributed by atoms with E-state index in [1.165, 1.54) is 0 Å². The molecule has 0 unspecified atom stereocenters. The van der Waals surface area contributed by atoms with Crippen LogP contribution in [0.2, 0.25) is 0 Å². The fourth-order valence-electron chi connectivity index (χ4n) is 3.90. The van der Waals surface area contributed by atoms with Crippen LogP contribution in [0.1, 0.15) is 22.4 Å². The van der Waals surface area contributed by atoms with Crippen LogP contribution in [0, 0.1) is 6.92 Å². The van der Waals surface area contributed by atoms with Gasteiger partial charge >= 0.3 is 5.97 Å². The number of hydrogen-bond acceptors (Lipinski definition) is 3. The number of aromatic nitrogens is 1. The van der Waals surface area contributed by atoms with E-state index in [-0.39, 0.29) is 17.1 Å². The van der Waals surface area contributed by atoms with E-state index in [2.05, 4.69) is 0 Å². The Morgan fingerprint density at radius 2 is 1.55 bits per heavy atom. The van der Waals surface area contributed by atoms with Crippen molar-refractivity contribution in [3.05, 3.63) is 101 Å². The summed E-state index contributed by atoms with van der Waals surface area (Å²) in [5, 5.41) is 10.4. The average molecular weight is 434 g/mol. The Bertz CT molecular complexity index is 1340. The molecule has 1 aromatic heterocycles. The number of carboxylic acids is 1. The molecule has 0 aliphatic rings. The number of benzene rings is 3. The van der Waals surface area contributed by atoms with Crippen molar-refractivity contribution in [1.82, 2.24) is 4.57 Å². The van der Waals surface area contributed by atoms with Gasteiger partial charge in [0, 0.05) is 23.1 Å². The fraction of sp³-hybridized carbons (Fsp3) is 0.160. The molecular weight excluding hydrogens is 410 g/mol. The zero-order chi connectivity index (χ0) is 22.0. The van der Waals surface area contributed by atoms with E-state index in [0.29, 0.717) is 17.8 Å². The predicted molar refractivity (Wildman–Crippen MR) is 121 cm³/mol. The predicted octanol–water partition coefficient (Wildman–Crippen LogP) is 4.60. The molecule has 0 amide bonds. The van der Waals surface area contributed by atoms with Gasteiger partial charge in [0.05, 0.1) is 17.1 Å². The molecule has 0 spiro atoms. The number of carbonyl (C=O) groups is 1. The summed E-state index contributed by atoms with van der Waals surface area (Å²) in [5.74, 6) is -1.24. The lowest BCUT2D eigenvalue weighted by molar-refractivity contribution is -0.136. The SMILES string of the molecule is Cc1ccc(S(=O)(=O)Cc2c(CC(=O)O)n(Cc3ccccc3)c3ccccc23)cc1. The van der Waals surface area contributed by atoms with Gasteiger partial charge in [-0.25, -0.2) is 8.42 Å². The molecule has 0 atom stereocenters. The molecule has 31 heavy (non-hydrogen) atoms. The van der Waals surface area contributed by atoms with E-state index in [4.69, 9.17) is 0 Å². The summed E-state index contributed by atoms with van der Waals surface area (Å²) in [7, 11) is -3.65. The second kappa shape index (κ2) is 8.40. The highest BCUT2D eigenvalue weighted by Crippen LogP contribution is 2.31. The van der Waals surface area contributed by atoms with Crippen molar-refractivity contribution in [3.63, 3.8) is 0 Å². The normalized spacial score (nSPS) is 11.6.